The van der Waals surface area contributed by atoms with Crippen LogP contribution >= 0.6 is 7.82 Å². The first-order chi connectivity index (χ1) is 6.24. The Kier molecular flexibility index (Phi) is 4.68. The monoisotopic (exact) mass is 225 g/mol. The zero-order chi connectivity index (χ0) is 11.4. The molecule has 0 aliphatic carbocycles. The first kappa shape index (κ1) is 13.0. The minimum absolute atomic E-state index is 0.347. The smallest absolute Gasteiger partial charge is 0.381 e. The Morgan fingerprint density at radius 3 is 2.00 bits per heavy atom. The molecule has 10 heteroatoms. The van der Waals surface area contributed by atoms with Gasteiger partial charge in [0, 0.05) is 13.6 Å². The lowest BCUT2D eigenvalue weighted by Gasteiger charge is -1.83. The predicted molar refractivity (Wildman–Crippen MR) is 47.6 cm³/mol. The van der Waals surface area contributed by atoms with Crippen LogP contribution in [0.4, 0.5) is 5.82 Å². The van der Waals surface area contributed by atoms with Crippen LogP contribution in [0.25, 0.3) is 0 Å². The first-order valence-corrected chi connectivity index (χ1v) is 4.94. The molecule has 0 radical (unpaired) electrons. The number of phosphoric acid groups is 1. The number of anilines is 1. The second-order valence-electron chi connectivity index (χ2n) is 2.24. The van der Waals surface area contributed by atoms with E-state index in [1.54, 1.807) is 7.05 Å². The van der Waals surface area contributed by atoms with Crippen LogP contribution in [0.3, 0.4) is 0 Å². The minimum atomic E-state index is -4.64. The molecule has 0 saturated heterocycles. The Labute approximate surface area is 79.6 Å². The third kappa shape index (κ3) is 6.52. The van der Waals surface area contributed by atoms with Crippen molar-refractivity contribution in [1.29, 1.82) is 0 Å². The molecule has 1 aromatic rings. The van der Waals surface area contributed by atoms with Gasteiger partial charge in [0.2, 0.25) is 0 Å². The molecule has 1 aromatic heterocycles. The van der Waals surface area contributed by atoms with Gasteiger partial charge in [-0.25, -0.2) is 4.57 Å². The summed E-state index contributed by atoms with van der Waals surface area (Å²) >= 11 is 0. The molecule has 14 heavy (non-hydrogen) atoms. The fourth-order valence-electron chi connectivity index (χ4n) is 0.607. The van der Waals surface area contributed by atoms with Gasteiger partial charge >= 0.3 is 7.82 Å². The Morgan fingerprint density at radius 2 is 1.86 bits per heavy atom. The molecule has 0 aromatic carbocycles. The highest BCUT2D eigenvalue weighted by atomic mass is 31.2. The zero-order valence-electron chi connectivity index (χ0n) is 7.40. The molecule has 0 bridgehead atoms. The lowest BCUT2D eigenvalue weighted by Crippen LogP contribution is -2.00. The van der Waals surface area contributed by atoms with Gasteiger partial charge in [-0.15, -0.1) is 5.10 Å². The van der Waals surface area contributed by atoms with Crippen molar-refractivity contribution < 1.29 is 19.2 Å². The number of hydrogen-bond acceptors (Lipinski definition) is 5. The number of nitrogen functional groups attached to an aromatic ring is 1. The number of nitrogens with two attached hydrogens (primary N) is 2. The highest BCUT2D eigenvalue weighted by Crippen LogP contribution is 2.25. The molecule has 0 aliphatic rings. The molecular formula is C4H12N5O4P. The fraction of sp³-hybridized carbons (Fsp3) is 0.500. The summed E-state index contributed by atoms with van der Waals surface area (Å²) in [6.45, 7) is 0.347. The van der Waals surface area contributed by atoms with E-state index in [0.717, 1.165) is 0 Å². The highest BCUT2D eigenvalue weighted by Gasteiger charge is 2.01. The van der Waals surface area contributed by atoms with Gasteiger partial charge in [0.1, 0.15) is 5.69 Å². The average molecular weight is 225 g/mol. The van der Waals surface area contributed by atoms with E-state index in [-0.39, 0.29) is 0 Å². The van der Waals surface area contributed by atoms with Crippen molar-refractivity contribution in [1.82, 2.24) is 15.0 Å². The Bertz CT molecular complexity index is 324. The van der Waals surface area contributed by atoms with E-state index in [9.17, 15) is 0 Å². The summed E-state index contributed by atoms with van der Waals surface area (Å²) in [5, 5.41) is 7.67. The molecule has 0 aliphatic heterocycles. The van der Waals surface area contributed by atoms with E-state index in [1.807, 2.05) is 0 Å². The number of nitrogens with zero attached hydrogens (tertiary/aromatic N) is 3. The largest absolute Gasteiger partial charge is 0.466 e. The third-order valence-electron chi connectivity index (χ3n) is 1.01. The van der Waals surface area contributed by atoms with Crippen molar-refractivity contribution in [2.45, 2.75) is 6.54 Å². The maximum absolute atomic E-state index is 8.88. The van der Waals surface area contributed by atoms with Gasteiger partial charge in [-0.1, -0.05) is 0 Å². The summed E-state index contributed by atoms with van der Waals surface area (Å²) in [4.78, 5) is 23.0. The Morgan fingerprint density at radius 1 is 1.43 bits per heavy atom. The zero-order valence-corrected chi connectivity index (χ0v) is 8.29. The highest BCUT2D eigenvalue weighted by molar-refractivity contribution is 7.45. The molecule has 7 N–H and O–H groups in total. The lowest BCUT2D eigenvalue weighted by atomic mass is 10.4. The summed E-state index contributed by atoms with van der Waals surface area (Å²) in [5.74, 6) is 0.417. The van der Waals surface area contributed by atoms with Gasteiger partial charge in [-0.3, -0.25) is 0 Å². The topological polar surface area (TPSA) is 161 Å². The second kappa shape index (κ2) is 5.03. The van der Waals surface area contributed by atoms with Crippen LogP contribution in [-0.4, -0.2) is 29.7 Å². The molecule has 0 fully saturated rings. The standard InChI is InChI=1S/C4H9N5.H3O4P/c1-9-7-3(2-5)4(6)8-9;1-5(2,3)4/h2,5H2,1H3,(H2,6,8);(H3,1,2,3,4). The van der Waals surface area contributed by atoms with Gasteiger partial charge in [-0.2, -0.15) is 9.90 Å². The molecular weight excluding hydrogens is 213 g/mol. The quantitative estimate of drug-likeness (QED) is 0.340. The predicted octanol–water partition coefficient (Wildman–Crippen LogP) is -2.07. The number of aromatic nitrogens is 3. The molecule has 82 valence electrons. The van der Waals surface area contributed by atoms with Crippen LogP contribution in [0.5, 0.6) is 0 Å². The van der Waals surface area contributed by atoms with Gasteiger partial charge in [0.15, 0.2) is 5.82 Å². The second-order valence-corrected chi connectivity index (χ2v) is 3.27. The van der Waals surface area contributed by atoms with Gasteiger partial charge in [0.25, 0.3) is 0 Å². The van der Waals surface area contributed by atoms with Crippen molar-refractivity contribution in [2.24, 2.45) is 12.8 Å². The van der Waals surface area contributed by atoms with Crippen molar-refractivity contribution in [3.63, 3.8) is 0 Å². The maximum atomic E-state index is 8.88. The summed E-state index contributed by atoms with van der Waals surface area (Å²) < 4.78 is 8.88. The third-order valence-corrected chi connectivity index (χ3v) is 1.01. The SMILES string of the molecule is Cn1nc(N)c(CN)n1.O=P(O)(O)O. The minimum Gasteiger partial charge on any atom is -0.381 e. The van der Waals surface area contributed by atoms with E-state index >= 15 is 0 Å². The summed E-state index contributed by atoms with van der Waals surface area (Å²) in [6.07, 6.45) is 0. The van der Waals surface area contributed by atoms with Crippen LogP contribution in [0.15, 0.2) is 0 Å². The van der Waals surface area contributed by atoms with E-state index in [4.69, 9.17) is 30.7 Å². The lowest BCUT2D eigenvalue weighted by molar-refractivity contribution is 0.275. The molecule has 9 nitrogen and oxygen atoms in total. The van der Waals surface area contributed by atoms with E-state index in [2.05, 4.69) is 10.2 Å². The summed E-state index contributed by atoms with van der Waals surface area (Å²) in [6, 6.07) is 0. The normalized spacial score (nSPS) is 10.6. The number of hydrogen-bond donors (Lipinski definition) is 5. The van der Waals surface area contributed by atoms with E-state index in [0.29, 0.717) is 18.1 Å². The number of aryl methyl sites for hydroxylation is 1. The van der Waals surface area contributed by atoms with Crippen LogP contribution in [0, 0.1) is 0 Å². The molecule has 1 rings (SSSR count). The molecule has 0 atom stereocenters. The van der Waals surface area contributed by atoms with E-state index < -0.39 is 7.82 Å². The molecule has 1 heterocycles. The summed E-state index contributed by atoms with van der Waals surface area (Å²) in [7, 11) is -2.94. The van der Waals surface area contributed by atoms with Gasteiger partial charge < -0.3 is 26.1 Å². The average Bonchev–Trinajstić information content (AvgIpc) is 2.25. The van der Waals surface area contributed by atoms with Crippen molar-refractivity contribution in [2.75, 3.05) is 5.73 Å². The van der Waals surface area contributed by atoms with Crippen LogP contribution in [0.2, 0.25) is 0 Å². The maximum Gasteiger partial charge on any atom is 0.466 e. The summed E-state index contributed by atoms with van der Waals surface area (Å²) in [5.41, 5.74) is 11.3. The van der Waals surface area contributed by atoms with Crippen molar-refractivity contribution in [3.8, 4) is 0 Å². The van der Waals surface area contributed by atoms with Crippen LogP contribution < -0.4 is 11.5 Å². The van der Waals surface area contributed by atoms with E-state index in [1.165, 1.54) is 4.80 Å². The molecule has 0 unspecified atom stereocenters. The Balaban J connectivity index is 0.000000292. The molecule has 0 saturated carbocycles. The molecule has 0 spiro atoms. The molecule has 0 amide bonds. The Hall–Kier alpha value is -0.990. The van der Waals surface area contributed by atoms with Crippen molar-refractivity contribution >= 4 is 13.6 Å². The number of rotatable bonds is 1. The van der Waals surface area contributed by atoms with Crippen molar-refractivity contribution in [3.05, 3.63) is 5.69 Å². The van der Waals surface area contributed by atoms with Gasteiger partial charge in [-0.05, 0) is 0 Å². The first-order valence-electron chi connectivity index (χ1n) is 3.38. The van der Waals surface area contributed by atoms with Crippen LogP contribution in [0.1, 0.15) is 5.69 Å². The fourth-order valence-corrected chi connectivity index (χ4v) is 0.607. The van der Waals surface area contributed by atoms with Gasteiger partial charge in [0.05, 0.1) is 0 Å². The van der Waals surface area contributed by atoms with Crippen LogP contribution in [-0.2, 0) is 18.2 Å².